The van der Waals surface area contributed by atoms with Crippen LogP contribution in [-0.2, 0) is 4.65 Å². The van der Waals surface area contributed by atoms with Crippen molar-refractivity contribution in [3.8, 4) is 0 Å². The van der Waals surface area contributed by atoms with Gasteiger partial charge in [0, 0.05) is 19.7 Å². The summed E-state index contributed by atoms with van der Waals surface area (Å²) in [6.07, 6.45) is 0. The average molecular weight is 166 g/mol. The van der Waals surface area contributed by atoms with Crippen molar-refractivity contribution in [2.75, 3.05) is 26.3 Å². The zero-order valence-electron chi connectivity index (χ0n) is 6.31. The third-order valence-corrected chi connectivity index (χ3v) is 0.514. The predicted octanol–water partition coefficient (Wildman–Crippen LogP) is -3.13. The van der Waals surface area contributed by atoms with Crippen molar-refractivity contribution in [3.05, 3.63) is 0 Å². The van der Waals surface area contributed by atoms with Crippen LogP contribution in [-0.4, -0.2) is 48.8 Å². The van der Waals surface area contributed by atoms with E-state index >= 15 is 0 Å². The Morgan fingerprint density at radius 2 is 1.64 bits per heavy atom. The summed E-state index contributed by atoms with van der Waals surface area (Å²) in [5, 5.41) is 23.7. The highest BCUT2D eigenvalue weighted by Crippen LogP contribution is 1.69. The van der Waals surface area contributed by atoms with Crippen LogP contribution in [0.3, 0.4) is 0 Å². The van der Waals surface area contributed by atoms with E-state index in [1.54, 1.807) is 0 Å². The molecule has 0 amide bonds. The van der Waals surface area contributed by atoms with Gasteiger partial charge in [0.2, 0.25) is 0 Å². The molecule has 0 saturated carbocycles. The van der Waals surface area contributed by atoms with Gasteiger partial charge in [0.15, 0.2) is 0 Å². The summed E-state index contributed by atoms with van der Waals surface area (Å²) in [6.45, 7) is 0.954. The maximum Gasteiger partial charge on any atom is 0.633 e. The van der Waals surface area contributed by atoms with Crippen LogP contribution in [0, 0.1) is 0 Å². The van der Waals surface area contributed by atoms with E-state index in [0.717, 1.165) is 0 Å². The second-order valence-corrected chi connectivity index (χ2v) is 1.50. The molecule has 0 aromatic carbocycles. The molecule has 11 heavy (non-hydrogen) atoms. The molecule has 0 aliphatic rings. The number of hydrogen-bond acceptors (Lipinski definition) is 6. The summed E-state index contributed by atoms with van der Waals surface area (Å²) in [5.41, 5.74) is 9.71. The van der Waals surface area contributed by atoms with Crippen molar-refractivity contribution < 1.29 is 19.8 Å². The fourth-order valence-corrected chi connectivity index (χ4v) is 0.173. The highest BCUT2D eigenvalue weighted by atomic mass is 16.6. The normalized spacial score (nSPS) is 8.45. The molecular formula is C4H15BN2O4. The van der Waals surface area contributed by atoms with Crippen LogP contribution in [0.2, 0.25) is 0 Å². The Morgan fingerprint density at radius 3 is 1.73 bits per heavy atom. The van der Waals surface area contributed by atoms with Gasteiger partial charge in [-0.3, -0.25) is 0 Å². The standard InChI is InChI=1S/C2H8BNO3.C2H7NO/c4-1-2-7-3(5)6;3-1-2-4/h5-6H,1-2,4H2;4H,1-3H2. The van der Waals surface area contributed by atoms with Crippen molar-refractivity contribution in [1.29, 1.82) is 0 Å². The van der Waals surface area contributed by atoms with Gasteiger partial charge in [0.25, 0.3) is 0 Å². The summed E-state index contributed by atoms with van der Waals surface area (Å²) >= 11 is 0. The van der Waals surface area contributed by atoms with Crippen LogP contribution in [0.4, 0.5) is 0 Å². The van der Waals surface area contributed by atoms with Crippen LogP contribution >= 0.6 is 0 Å². The summed E-state index contributed by atoms with van der Waals surface area (Å²) in [6, 6.07) is 0. The minimum absolute atomic E-state index is 0.0972. The number of aliphatic hydroxyl groups excluding tert-OH is 1. The number of rotatable bonds is 4. The van der Waals surface area contributed by atoms with Crippen molar-refractivity contribution in [1.82, 2.24) is 0 Å². The first-order valence-corrected chi connectivity index (χ1v) is 3.17. The van der Waals surface area contributed by atoms with Crippen LogP contribution < -0.4 is 11.5 Å². The number of nitrogens with two attached hydrogens (primary N) is 2. The van der Waals surface area contributed by atoms with Gasteiger partial charge in [-0.05, 0) is 0 Å². The van der Waals surface area contributed by atoms with Crippen LogP contribution in [0.25, 0.3) is 0 Å². The largest absolute Gasteiger partial charge is 0.633 e. The van der Waals surface area contributed by atoms with Crippen molar-refractivity contribution in [2.45, 2.75) is 0 Å². The lowest BCUT2D eigenvalue weighted by atomic mass is 10.3. The van der Waals surface area contributed by atoms with Gasteiger partial charge >= 0.3 is 7.32 Å². The molecule has 0 aromatic heterocycles. The van der Waals surface area contributed by atoms with E-state index in [1.165, 1.54) is 0 Å². The van der Waals surface area contributed by atoms with Gasteiger partial charge in [-0.1, -0.05) is 0 Å². The fourth-order valence-electron chi connectivity index (χ4n) is 0.173. The van der Waals surface area contributed by atoms with Crippen molar-refractivity contribution in [3.63, 3.8) is 0 Å². The molecule has 0 aliphatic carbocycles. The third kappa shape index (κ3) is 25.8. The van der Waals surface area contributed by atoms with E-state index in [0.29, 0.717) is 13.1 Å². The molecule has 0 aliphatic heterocycles. The second kappa shape index (κ2) is 12.5. The van der Waals surface area contributed by atoms with E-state index in [2.05, 4.69) is 4.65 Å². The summed E-state index contributed by atoms with van der Waals surface area (Å²) in [4.78, 5) is 0. The molecule has 7 heteroatoms. The quantitative estimate of drug-likeness (QED) is 0.281. The first-order chi connectivity index (χ1) is 5.18. The van der Waals surface area contributed by atoms with Crippen molar-refractivity contribution >= 4 is 7.32 Å². The lowest BCUT2D eigenvalue weighted by molar-refractivity contribution is 0.191. The van der Waals surface area contributed by atoms with Gasteiger partial charge in [-0.25, -0.2) is 0 Å². The van der Waals surface area contributed by atoms with Gasteiger partial charge < -0.3 is 31.3 Å². The van der Waals surface area contributed by atoms with Gasteiger partial charge in [-0.15, -0.1) is 0 Å². The maximum atomic E-state index is 7.96. The minimum Gasteiger partial charge on any atom is -0.402 e. The van der Waals surface area contributed by atoms with E-state index in [1.807, 2.05) is 0 Å². The molecule has 0 fully saturated rings. The Bertz CT molecular complexity index is 64.1. The summed E-state index contributed by atoms with van der Waals surface area (Å²) in [5.74, 6) is 0. The average Bonchev–Trinajstić information content (AvgIpc) is 2.01. The van der Waals surface area contributed by atoms with Crippen molar-refractivity contribution in [2.24, 2.45) is 11.5 Å². The van der Waals surface area contributed by atoms with E-state index in [-0.39, 0.29) is 13.2 Å². The van der Waals surface area contributed by atoms with E-state index in [4.69, 9.17) is 26.6 Å². The first-order valence-electron chi connectivity index (χ1n) is 3.17. The molecule has 0 bridgehead atoms. The Kier molecular flexibility index (Phi) is 15.2. The molecule has 0 spiro atoms. The van der Waals surface area contributed by atoms with Gasteiger partial charge in [0.1, 0.15) is 0 Å². The lowest BCUT2D eigenvalue weighted by Crippen LogP contribution is -2.21. The molecule has 0 aromatic rings. The molecule has 0 radical (unpaired) electrons. The molecule has 7 N–H and O–H groups in total. The topological polar surface area (TPSA) is 122 Å². The Labute approximate surface area is 65.9 Å². The SMILES string of the molecule is NCCO.NCCOB(O)O. The predicted molar refractivity (Wildman–Crippen MR) is 41.3 cm³/mol. The Morgan fingerprint density at radius 1 is 1.18 bits per heavy atom. The van der Waals surface area contributed by atoms with Crippen LogP contribution in [0.15, 0.2) is 0 Å². The zero-order valence-corrected chi connectivity index (χ0v) is 6.31. The molecule has 0 rings (SSSR count). The minimum atomic E-state index is -1.68. The molecule has 0 heterocycles. The monoisotopic (exact) mass is 166 g/mol. The molecule has 0 unspecified atom stereocenters. The maximum absolute atomic E-state index is 7.96. The molecular weight excluding hydrogens is 151 g/mol. The molecule has 6 nitrogen and oxygen atoms in total. The Hall–Kier alpha value is -0.175. The summed E-state index contributed by atoms with van der Waals surface area (Å²) in [7, 11) is -1.68. The van der Waals surface area contributed by atoms with E-state index in [9.17, 15) is 0 Å². The number of aliphatic hydroxyl groups is 1. The van der Waals surface area contributed by atoms with Crippen LogP contribution in [0.1, 0.15) is 0 Å². The summed E-state index contributed by atoms with van der Waals surface area (Å²) < 4.78 is 4.18. The highest BCUT2D eigenvalue weighted by molar-refractivity contribution is 6.32. The molecule has 0 saturated heterocycles. The van der Waals surface area contributed by atoms with Gasteiger partial charge in [-0.2, -0.15) is 0 Å². The smallest absolute Gasteiger partial charge is 0.402 e. The second-order valence-electron chi connectivity index (χ2n) is 1.50. The Balaban J connectivity index is 0. The molecule has 68 valence electrons. The fraction of sp³-hybridized carbons (Fsp3) is 1.00. The third-order valence-electron chi connectivity index (χ3n) is 0.514. The van der Waals surface area contributed by atoms with Gasteiger partial charge in [0.05, 0.1) is 6.61 Å². The number of hydrogen-bond donors (Lipinski definition) is 5. The lowest BCUT2D eigenvalue weighted by Gasteiger charge is -1.95. The van der Waals surface area contributed by atoms with E-state index < -0.39 is 7.32 Å². The zero-order chi connectivity index (χ0) is 9.11. The molecule has 0 atom stereocenters. The first kappa shape index (κ1) is 13.4. The van der Waals surface area contributed by atoms with Crippen LogP contribution in [0.5, 0.6) is 0 Å². The highest BCUT2D eigenvalue weighted by Gasteiger charge is 2.04.